The maximum Gasteiger partial charge on any atom is 0.251 e. The zero-order valence-electron chi connectivity index (χ0n) is 14.6. The lowest BCUT2D eigenvalue weighted by atomic mass is 10.1. The first-order chi connectivity index (χ1) is 13.1. The molecule has 0 aromatic heterocycles. The first-order valence-electron chi connectivity index (χ1n) is 8.56. The van der Waals surface area contributed by atoms with E-state index in [4.69, 9.17) is 11.6 Å². The standard InChI is InChI=1S/C22H19ClN2O2/c23-19-11-9-16(10-12-19)13-21(26)25-20-8-4-7-18(14-20)22(27)24-15-17-5-2-1-3-6-17/h1-12,14H,13,15H2,(H,24,27)(H,25,26). The highest BCUT2D eigenvalue weighted by molar-refractivity contribution is 6.30. The highest BCUT2D eigenvalue weighted by Crippen LogP contribution is 2.13. The second-order valence-electron chi connectivity index (χ2n) is 6.10. The van der Waals surface area contributed by atoms with Gasteiger partial charge in [0.2, 0.25) is 5.91 Å². The number of amides is 2. The Kier molecular flexibility index (Phi) is 6.23. The Bertz CT molecular complexity index is 925. The molecule has 0 heterocycles. The molecule has 2 N–H and O–H groups in total. The van der Waals surface area contributed by atoms with Crippen molar-refractivity contribution in [1.82, 2.24) is 5.32 Å². The van der Waals surface area contributed by atoms with Crippen LogP contribution in [0.3, 0.4) is 0 Å². The molecule has 0 spiro atoms. The maximum atomic E-state index is 12.3. The Balaban J connectivity index is 1.58. The molecule has 2 amide bonds. The van der Waals surface area contributed by atoms with Gasteiger partial charge in [-0.25, -0.2) is 0 Å². The van der Waals surface area contributed by atoms with Crippen molar-refractivity contribution in [3.63, 3.8) is 0 Å². The summed E-state index contributed by atoms with van der Waals surface area (Å²) in [4.78, 5) is 24.6. The van der Waals surface area contributed by atoms with Crippen molar-refractivity contribution < 1.29 is 9.59 Å². The van der Waals surface area contributed by atoms with Crippen LogP contribution in [0.15, 0.2) is 78.9 Å². The molecule has 0 unspecified atom stereocenters. The minimum Gasteiger partial charge on any atom is -0.348 e. The highest BCUT2D eigenvalue weighted by Gasteiger charge is 2.08. The third-order valence-electron chi connectivity index (χ3n) is 3.98. The summed E-state index contributed by atoms with van der Waals surface area (Å²) in [5.41, 5.74) is 2.98. The van der Waals surface area contributed by atoms with Gasteiger partial charge in [0, 0.05) is 22.8 Å². The minimum atomic E-state index is -0.187. The van der Waals surface area contributed by atoms with E-state index in [0.29, 0.717) is 22.8 Å². The molecule has 4 nitrogen and oxygen atoms in total. The summed E-state index contributed by atoms with van der Waals surface area (Å²) in [5.74, 6) is -0.341. The molecule has 3 aromatic rings. The number of halogens is 1. The van der Waals surface area contributed by atoms with Crippen molar-refractivity contribution >= 4 is 29.1 Å². The number of hydrogen-bond donors (Lipinski definition) is 2. The molecule has 3 rings (SSSR count). The lowest BCUT2D eigenvalue weighted by molar-refractivity contribution is -0.115. The van der Waals surface area contributed by atoms with Crippen molar-refractivity contribution in [2.75, 3.05) is 5.32 Å². The van der Waals surface area contributed by atoms with Crippen LogP contribution in [0.1, 0.15) is 21.5 Å². The minimum absolute atomic E-state index is 0.154. The van der Waals surface area contributed by atoms with Gasteiger partial charge >= 0.3 is 0 Å². The number of rotatable bonds is 6. The summed E-state index contributed by atoms with van der Waals surface area (Å²) in [6, 6.07) is 23.7. The fourth-order valence-electron chi connectivity index (χ4n) is 2.61. The smallest absolute Gasteiger partial charge is 0.251 e. The third-order valence-corrected chi connectivity index (χ3v) is 4.23. The van der Waals surface area contributed by atoms with Gasteiger partial charge in [0.05, 0.1) is 6.42 Å². The molecule has 0 aliphatic rings. The normalized spacial score (nSPS) is 10.3. The molecule has 0 radical (unpaired) electrons. The second kappa shape index (κ2) is 9.01. The van der Waals surface area contributed by atoms with Crippen LogP contribution < -0.4 is 10.6 Å². The van der Waals surface area contributed by atoms with Crippen LogP contribution in [-0.4, -0.2) is 11.8 Å². The van der Waals surface area contributed by atoms with E-state index in [-0.39, 0.29) is 18.2 Å². The molecule has 0 atom stereocenters. The summed E-state index contributed by atoms with van der Waals surface area (Å²) in [6.45, 7) is 0.451. The molecular formula is C22H19ClN2O2. The fourth-order valence-corrected chi connectivity index (χ4v) is 2.74. The topological polar surface area (TPSA) is 58.2 Å². The van der Waals surface area contributed by atoms with Crippen molar-refractivity contribution in [2.24, 2.45) is 0 Å². The SMILES string of the molecule is O=C(Cc1ccc(Cl)cc1)Nc1cccc(C(=O)NCc2ccccc2)c1. The quantitative estimate of drug-likeness (QED) is 0.665. The van der Waals surface area contributed by atoms with Crippen LogP contribution in [0.5, 0.6) is 0 Å². The predicted octanol–water partition coefficient (Wildman–Crippen LogP) is 4.45. The summed E-state index contributed by atoms with van der Waals surface area (Å²) in [5, 5.41) is 6.33. The summed E-state index contributed by atoms with van der Waals surface area (Å²) in [7, 11) is 0. The Morgan fingerprint density at radius 3 is 2.30 bits per heavy atom. The van der Waals surface area contributed by atoms with Gasteiger partial charge in [-0.1, -0.05) is 60.1 Å². The number of hydrogen-bond acceptors (Lipinski definition) is 2. The van der Waals surface area contributed by atoms with Gasteiger partial charge in [0.1, 0.15) is 0 Å². The summed E-state index contributed by atoms with van der Waals surface area (Å²) in [6.07, 6.45) is 0.238. The molecule has 0 aliphatic heterocycles. The van der Waals surface area contributed by atoms with Gasteiger partial charge in [-0.2, -0.15) is 0 Å². The average molecular weight is 379 g/mol. The van der Waals surface area contributed by atoms with E-state index in [1.807, 2.05) is 42.5 Å². The summed E-state index contributed by atoms with van der Waals surface area (Å²) >= 11 is 5.85. The lowest BCUT2D eigenvalue weighted by Gasteiger charge is -2.09. The number of nitrogens with one attached hydrogen (secondary N) is 2. The molecule has 0 fully saturated rings. The molecule has 0 bridgehead atoms. The van der Waals surface area contributed by atoms with E-state index in [0.717, 1.165) is 11.1 Å². The van der Waals surface area contributed by atoms with E-state index < -0.39 is 0 Å². The first-order valence-corrected chi connectivity index (χ1v) is 8.94. The number of anilines is 1. The first kappa shape index (κ1) is 18.7. The van der Waals surface area contributed by atoms with Gasteiger partial charge in [0.15, 0.2) is 0 Å². The van der Waals surface area contributed by atoms with E-state index in [2.05, 4.69) is 10.6 Å². The van der Waals surface area contributed by atoms with Gasteiger partial charge in [-0.3, -0.25) is 9.59 Å². The third kappa shape index (κ3) is 5.69. The molecule has 0 saturated carbocycles. The van der Waals surface area contributed by atoms with Crippen LogP contribution in [0, 0.1) is 0 Å². The van der Waals surface area contributed by atoms with Crippen LogP contribution >= 0.6 is 11.6 Å². The zero-order valence-corrected chi connectivity index (χ0v) is 15.4. The number of carbonyl (C=O) groups excluding carboxylic acids is 2. The van der Waals surface area contributed by atoms with Crippen molar-refractivity contribution in [3.05, 3.63) is 101 Å². The molecular weight excluding hydrogens is 360 g/mol. The van der Waals surface area contributed by atoms with Gasteiger partial charge in [-0.05, 0) is 41.5 Å². The summed E-state index contributed by atoms with van der Waals surface area (Å²) < 4.78 is 0. The Morgan fingerprint density at radius 1 is 0.815 bits per heavy atom. The van der Waals surface area contributed by atoms with Crippen LogP contribution in [0.2, 0.25) is 5.02 Å². The Hall–Kier alpha value is -3.11. The molecule has 136 valence electrons. The lowest BCUT2D eigenvalue weighted by Crippen LogP contribution is -2.23. The molecule has 0 saturated heterocycles. The zero-order chi connectivity index (χ0) is 19.1. The van der Waals surface area contributed by atoms with Crippen molar-refractivity contribution in [3.8, 4) is 0 Å². The Morgan fingerprint density at radius 2 is 1.56 bits per heavy atom. The Labute approximate surface area is 163 Å². The van der Waals surface area contributed by atoms with Crippen molar-refractivity contribution in [2.45, 2.75) is 13.0 Å². The molecule has 5 heteroatoms. The average Bonchev–Trinajstić information content (AvgIpc) is 2.69. The van der Waals surface area contributed by atoms with Gasteiger partial charge < -0.3 is 10.6 Å². The van der Waals surface area contributed by atoms with Gasteiger partial charge in [0.25, 0.3) is 5.91 Å². The largest absolute Gasteiger partial charge is 0.348 e. The van der Waals surface area contributed by atoms with E-state index >= 15 is 0 Å². The van der Waals surface area contributed by atoms with E-state index in [1.54, 1.807) is 36.4 Å². The van der Waals surface area contributed by atoms with Crippen molar-refractivity contribution in [1.29, 1.82) is 0 Å². The second-order valence-corrected chi connectivity index (χ2v) is 6.54. The molecule has 27 heavy (non-hydrogen) atoms. The fraction of sp³-hybridized carbons (Fsp3) is 0.0909. The van der Waals surface area contributed by atoms with E-state index in [9.17, 15) is 9.59 Å². The van der Waals surface area contributed by atoms with Crippen LogP contribution in [0.4, 0.5) is 5.69 Å². The van der Waals surface area contributed by atoms with E-state index in [1.165, 1.54) is 0 Å². The number of benzene rings is 3. The maximum absolute atomic E-state index is 12.3. The predicted molar refractivity (Wildman–Crippen MR) is 108 cm³/mol. The number of carbonyl (C=O) groups is 2. The van der Waals surface area contributed by atoms with Gasteiger partial charge in [-0.15, -0.1) is 0 Å². The molecule has 0 aliphatic carbocycles. The molecule has 3 aromatic carbocycles. The highest BCUT2D eigenvalue weighted by atomic mass is 35.5. The van der Waals surface area contributed by atoms with Crippen LogP contribution in [-0.2, 0) is 17.8 Å². The monoisotopic (exact) mass is 378 g/mol. The van der Waals surface area contributed by atoms with Crippen LogP contribution in [0.25, 0.3) is 0 Å².